The highest BCUT2D eigenvalue weighted by Crippen LogP contribution is 2.19. The van der Waals surface area contributed by atoms with E-state index in [1.165, 1.54) is 12.8 Å². The number of carboxylic acid groups (broad SMARTS) is 1. The van der Waals surface area contributed by atoms with E-state index in [1.807, 2.05) is 0 Å². The van der Waals surface area contributed by atoms with Gasteiger partial charge in [0.25, 0.3) is 0 Å². The molecule has 0 spiro atoms. The van der Waals surface area contributed by atoms with Gasteiger partial charge >= 0.3 is 5.97 Å². The number of benzene rings is 1. The molecule has 0 unspecified atom stereocenters. The van der Waals surface area contributed by atoms with E-state index in [9.17, 15) is 14.7 Å². The Hall–Kier alpha value is -1.84. The zero-order valence-corrected chi connectivity index (χ0v) is 13.8. The molecule has 0 atom stereocenters. The molecule has 0 bridgehead atoms. The van der Waals surface area contributed by atoms with E-state index in [4.69, 9.17) is 5.11 Å². The molecule has 0 saturated carbocycles. The van der Waals surface area contributed by atoms with Gasteiger partial charge in [-0.05, 0) is 25.0 Å². The molecule has 0 saturated heterocycles. The first-order chi connectivity index (χ1) is 11.1. The Morgan fingerprint density at radius 3 is 1.74 bits per heavy atom. The van der Waals surface area contributed by atoms with Crippen molar-refractivity contribution in [1.82, 2.24) is 0 Å². The Morgan fingerprint density at radius 1 is 0.739 bits per heavy atom. The third-order valence-electron chi connectivity index (χ3n) is 4.00. The summed E-state index contributed by atoms with van der Waals surface area (Å²) in [7, 11) is 0. The summed E-state index contributed by atoms with van der Waals surface area (Å²) in [5, 5.41) is 18.1. The normalized spacial score (nSPS) is 10.6. The second-order valence-electron chi connectivity index (χ2n) is 6.02. The first kappa shape index (κ1) is 19.2. The zero-order chi connectivity index (χ0) is 16.9. The van der Waals surface area contributed by atoms with E-state index in [-0.39, 0.29) is 18.0 Å². The van der Waals surface area contributed by atoms with Crippen molar-refractivity contribution in [2.24, 2.45) is 0 Å². The molecule has 1 rings (SSSR count). The topological polar surface area (TPSA) is 74.6 Å². The number of aromatic hydroxyl groups is 1. The van der Waals surface area contributed by atoms with Crippen LogP contribution in [-0.2, 0) is 4.79 Å². The predicted molar refractivity (Wildman–Crippen MR) is 90.9 cm³/mol. The number of ketones is 1. The van der Waals surface area contributed by atoms with Crippen molar-refractivity contribution in [1.29, 1.82) is 0 Å². The summed E-state index contributed by atoms with van der Waals surface area (Å²) in [6.45, 7) is 0. The Morgan fingerprint density at radius 2 is 1.22 bits per heavy atom. The number of hydrogen-bond acceptors (Lipinski definition) is 3. The summed E-state index contributed by atoms with van der Waals surface area (Å²) in [4.78, 5) is 22.3. The minimum Gasteiger partial charge on any atom is -0.507 e. The summed E-state index contributed by atoms with van der Waals surface area (Å²) in [6, 6.07) is 6.70. The number of carbonyl (C=O) groups is 2. The number of para-hydroxylation sites is 1. The van der Waals surface area contributed by atoms with E-state index in [0.717, 1.165) is 44.9 Å². The van der Waals surface area contributed by atoms with E-state index >= 15 is 0 Å². The summed E-state index contributed by atoms with van der Waals surface area (Å²) >= 11 is 0. The lowest BCUT2D eigenvalue weighted by molar-refractivity contribution is -0.137. The van der Waals surface area contributed by atoms with Gasteiger partial charge in [-0.15, -0.1) is 0 Å². The van der Waals surface area contributed by atoms with Crippen LogP contribution in [0.4, 0.5) is 0 Å². The maximum absolute atomic E-state index is 11.9. The lowest BCUT2D eigenvalue weighted by Crippen LogP contribution is -1.99. The Labute approximate surface area is 138 Å². The van der Waals surface area contributed by atoms with Gasteiger partial charge in [-0.3, -0.25) is 9.59 Å². The fraction of sp³-hybridized carbons (Fsp3) is 0.579. The van der Waals surface area contributed by atoms with Crippen LogP contribution in [0.1, 0.15) is 81.0 Å². The van der Waals surface area contributed by atoms with Crippen molar-refractivity contribution >= 4 is 11.8 Å². The van der Waals surface area contributed by atoms with Gasteiger partial charge in [-0.2, -0.15) is 0 Å². The van der Waals surface area contributed by atoms with Gasteiger partial charge in [0, 0.05) is 12.8 Å². The SMILES string of the molecule is O=C(O)CCCCCCCCCCCC(=O)c1ccccc1O. The fourth-order valence-electron chi connectivity index (χ4n) is 2.64. The molecule has 0 amide bonds. The standard InChI is InChI=1S/C19H28O4/c20-17(16-12-10-11-14-18(16)21)13-8-6-4-2-1-3-5-7-9-15-19(22)23/h10-12,14,21H,1-9,13,15H2,(H,22,23). The highest BCUT2D eigenvalue weighted by atomic mass is 16.4. The van der Waals surface area contributed by atoms with Crippen LogP contribution in [0.3, 0.4) is 0 Å². The van der Waals surface area contributed by atoms with Crippen molar-refractivity contribution in [3.05, 3.63) is 29.8 Å². The van der Waals surface area contributed by atoms with Gasteiger partial charge in [0.1, 0.15) is 5.75 Å². The molecule has 0 aliphatic rings. The second-order valence-corrected chi connectivity index (χ2v) is 6.02. The highest BCUT2D eigenvalue weighted by molar-refractivity contribution is 5.98. The van der Waals surface area contributed by atoms with Crippen molar-refractivity contribution in [3.8, 4) is 5.75 Å². The molecule has 4 heteroatoms. The van der Waals surface area contributed by atoms with Crippen molar-refractivity contribution < 1.29 is 19.8 Å². The molecule has 0 heterocycles. The molecular weight excluding hydrogens is 292 g/mol. The number of phenols is 1. The zero-order valence-electron chi connectivity index (χ0n) is 13.8. The van der Waals surface area contributed by atoms with Crippen LogP contribution in [0, 0.1) is 0 Å². The molecule has 0 radical (unpaired) electrons. The van der Waals surface area contributed by atoms with Crippen LogP contribution in [-0.4, -0.2) is 22.0 Å². The van der Waals surface area contributed by atoms with Crippen LogP contribution in [0.25, 0.3) is 0 Å². The molecule has 0 aliphatic carbocycles. The molecular formula is C19H28O4. The van der Waals surface area contributed by atoms with Crippen molar-refractivity contribution in [3.63, 3.8) is 0 Å². The smallest absolute Gasteiger partial charge is 0.303 e. The van der Waals surface area contributed by atoms with Crippen LogP contribution in [0.2, 0.25) is 0 Å². The molecule has 23 heavy (non-hydrogen) atoms. The molecule has 2 N–H and O–H groups in total. The summed E-state index contributed by atoms with van der Waals surface area (Å²) in [5.74, 6) is -0.620. The molecule has 0 fully saturated rings. The average molecular weight is 320 g/mol. The number of aliphatic carboxylic acids is 1. The molecule has 0 aromatic heterocycles. The third-order valence-corrected chi connectivity index (χ3v) is 4.00. The number of phenolic OH excluding ortho intramolecular Hbond substituents is 1. The third kappa shape index (κ3) is 9.01. The quantitative estimate of drug-likeness (QED) is 0.398. The Kier molecular flexibility index (Phi) is 9.76. The van der Waals surface area contributed by atoms with Gasteiger partial charge in [0.15, 0.2) is 5.78 Å². The van der Waals surface area contributed by atoms with E-state index in [1.54, 1.807) is 24.3 Å². The second kappa shape index (κ2) is 11.7. The van der Waals surface area contributed by atoms with Gasteiger partial charge < -0.3 is 10.2 Å². The van der Waals surface area contributed by atoms with E-state index in [2.05, 4.69) is 0 Å². The van der Waals surface area contributed by atoms with Gasteiger partial charge in [-0.25, -0.2) is 0 Å². The molecule has 1 aromatic rings. The molecule has 128 valence electrons. The first-order valence-corrected chi connectivity index (χ1v) is 8.64. The molecule has 4 nitrogen and oxygen atoms in total. The number of rotatable bonds is 13. The molecule has 0 aliphatic heterocycles. The van der Waals surface area contributed by atoms with E-state index in [0.29, 0.717) is 12.0 Å². The minimum atomic E-state index is -0.705. The lowest BCUT2D eigenvalue weighted by Gasteiger charge is -2.04. The number of hydrogen-bond donors (Lipinski definition) is 2. The van der Waals surface area contributed by atoms with Crippen LogP contribution >= 0.6 is 0 Å². The number of carboxylic acids is 1. The summed E-state index contributed by atoms with van der Waals surface area (Å²) < 4.78 is 0. The monoisotopic (exact) mass is 320 g/mol. The van der Waals surface area contributed by atoms with Crippen LogP contribution in [0.5, 0.6) is 5.75 Å². The summed E-state index contributed by atoms with van der Waals surface area (Å²) in [5.41, 5.74) is 0.425. The largest absolute Gasteiger partial charge is 0.507 e. The maximum Gasteiger partial charge on any atom is 0.303 e. The number of unbranched alkanes of at least 4 members (excludes halogenated alkanes) is 8. The average Bonchev–Trinajstić information content (AvgIpc) is 2.52. The fourth-order valence-corrected chi connectivity index (χ4v) is 2.64. The van der Waals surface area contributed by atoms with Crippen LogP contribution in [0.15, 0.2) is 24.3 Å². The van der Waals surface area contributed by atoms with Crippen LogP contribution < -0.4 is 0 Å². The van der Waals surface area contributed by atoms with Crippen molar-refractivity contribution in [2.45, 2.75) is 70.6 Å². The number of Topliss-reactive ketones (excluding diaryl/α,β-unsaturated/α-hetero) is 1. The minimum absolute atomic E-state index is 0.0153. The first-order valence-electron chi connectivity index (χ1n) is 8.64. The van der Waals surface area contributed by atoms with E-state index < -0.39 is 5.97 Å². The Bertz CT molecular complexity index is 482. The maximum atomic E-state index is 11.9. The van der Waals surface area contributed by atoms with Gasteiger partial charge in [0.05, 0.1) is 5.56 Å². The summed E-state index contributed by atoms with van der Waals surface area (Å²) in [6.07, 6.45) is 10.2. The van der Waals surface area contributed by atoms with Crippen molar-refractivity contribution in [2.75, 3.05) is 0 Å². The lowest BCUT2D eigenvalue weighted by atomic mass is 10.0. The highest BCUT2D eigenvalue weighted by Gasteiger charge is 2.09. The van der Waals surface area contributed by atoms with Gasteiger partial charge in [0.2, 0.25) is 0 Å². The Balaban J connectivity index is 1.95. The molecule has 1 aromatic carbocycles. The predicted octanol–water partition coefficient (Wildman–Crippen LogP) is 4.95. The number of carbonyl (C=O) groups excluding carboxylic acids is 1. The van der Waals surface area contributed by atoms with Gasteiger partial charge in [-0.1, -0.05) is 57.1 Å².